The van der Waals surface area contributed by atoms with Crippen molar-refractivity contribution in [3.05, 3.63) is 60.6 Å². The van der Waals surface area contributed by atoms with Crippen LogP contribution in [0.1, 0.15) is 47.0 Å². The van der Waals surface area contributed by atoms with Crippen LogP contribution in [0.3, 0.4) is 0 Å². The molecule has 1 fully saturated rings. The number of allylic oxidation sites excluding steroid dienone is 3. The van der Waals surface area contributed by atoms with Gasteiger partial charge in [0.2, 0.25) is 17.7 Å². The molecule has 1 aliphatic rings. The number of hydrogen-bond donors (Lipinski definition) is 3. The summed E-state index contributed by atoms with van der Waals surface area (Å²) < 4.78 is 7.36. The summed E-state index contributed by atoms with van der Waals surface area (Å²) in [6.45, 7) is 6.95. The van der Waals surface area contributed by atoms with Crippen molar-refractivity contribution in [1.29, 1.82) is 0 Å². The molecular formula is C28H35N7O4. The molecule has 3 aromatic rings. The molecule has 0 atom stereocenters. The number of imidazole rings is 1. The molecule has 0 spiro atoms. The summed E-state index contributed by atoms with van der Waals surface area (Å²) in [4.78, 5) is 43.6. The van der Waals surface area contributed by atoms with E-state index in [1.807, 2.05) is 26.0 Å². The Labute approximate surface area is 227 Å². The van der Waals surface area contributed by atoms with E-state index in [0.29, 0.717) is 40.5 Å². The Morgan fingerprint density at radius 3 is 2.49 bits per heavy atom. The lowest BCUT2D eigenvalue weighted by molar-refractivity contribution is -0.137. The second-order valence-corrected chi connectivity index (χ2v) is 9.41. The number of fused-ring (bicyclic) bond motifs is 1. The van der Waals surface area contributed by atoms with Gasteiger partial charge in [-0.3, -0.25) is 9.59 Å². The number of nitrogens with one attached hydrogen (secondary N) is 3. The molecule has 1 saturated carbocycles. The predicted molar refractivity (Wildman–Crippen MR) is 149 cm³/mol. The van der Waals surface area contributed by atoms with E-state index in [1.165, 1.54) is 6.20 Å². The molecule has 1 aliphatic carbocycles. The lowest BCUT2D eigenvalue weighted by Gasteiger charge is -2.22. The molecule has 11 heteroatoms. The van der Waals surface area contributed by atoms with Crippen molar-refractivity contribution in [2.45, 2.75) is 47.0 Å². The summed E-state index contributed by atoms with van der Waals surface area (Å²) >= 11 is 0. The third-order valence-electron chi connectivity index (χ3n) is 5.73. The first-order valence-corrected chi connectivity index (χ1v) is 12.8. The van der Waals surface area contributed by atoms with Gasteiger partial charge in [-0.05, 0) is 64.3 Å². The maximum atomic E-state index is 12.8. The second kappa shape index (κ2) is 13.3. The molecule has 11 nitrogen and oxygen atoms in total. The molecular weight excluding hydrogens is 498 g/mol. The number of hydrogen-bond acceptors (Lipinski definition) is 8. The summed E-state index contributed by atoms with van der Waals surface area (Å²) in [6, 6.07) is 6.74. The van der Waals surface area contributed by atoms with Crippen LogP contribution in [-0.4, -0.2) is 44.7 Å². The number of pyridine rings is 1. The minimum absolute atomic E-state index is 0.299. The van der Waals surface area contributed by atoms with E-state index >= 15 is 0 Å². The van der Waals surface area contributed by atoms with Crippen LogP contribution in [-0.2, 0) is 14.4 Å². The number of nitrogens with zero attached hydrogens (tertiary/aromatic N) is 4. The lowest BCUT2D eigenvalue weighted by atomic mass is 9.91. The number of aromatic nitrogens is 4. The number of carbonyl (C=O) groups excluding carboxylic acids is 3. The van der Waals surface area contributed by atoms with Crippen LogP contribution in [0.5, 0.6) is 11.6 Å². The number of carbonyl (C=O) groups is 3. The van der Waals surface area contributed by atoms with Crippen molar-refractivity contribution >= 4 is 35.4 Å². The molecule has 0 aliphatic heterocycles. The molecule has 0 unspecified atom stereocenters. The third-order valence-corrected chi connectivity index (χ3v) is 5.73. The Bertz CT molecular complexity index is 1360. The fourth-order valence-electron chi connectivity index (χ4n) is 3.13. The van der Waals surface area contributed by atoms with Gasteiger partial charge in [0, 0.05) is 24.7 Å². The Morgan fingerprint density at radius 2 is 1.92 bits per heavy atom. The molecule has 39 heavy (non-hydrogen) atoms. The molecule has 4 rings (SSSR count). The quantitative estimate of drug-likeness (QED) is 0.197. The van der Waals surface area contributed by atoms with Gasteiger partial charge < -0.3 is 25.5 Å². The molecule has 0 bridgehead atoms. The molecule has 0 radical (unpaired) electrons. The van der Waals surface area contributed by atoms with Crippen LogP contribution in [0.15, 0.2) is 60.6 Å². The van der Waals surface area contributed by atoms with Crippen molar-refractivity contribution in [3.8, 4) is 11.6 Å². The standard InChI is InChI=1S/C24H29N7O3.C4H6O/c1-6-8-16(9-7-2)27-22(32)24(3,4)23(33)29-18-11-10-17(14-26-18)34-21-13-12-20-28-19(25-5)15-31(20)30-21;5-3-4-1-2-4/h6,8-15,25H,7H2,1-5H3,(H,27,32)(H,26,29,33);3-4H,1-2H2/b8-6-,16-9+;. The Kier molecular flexibility index (Phi) is 9.91. The van der Waals surface area contributed by atoms with E-state index in [-0.39, 0.29) is 0 Å². The number of amides is 2. The number of anilines is 2. The molecule has 0 aromatic carbocycles. The van der Waals surface area contributed by atoms with Gasteiger partial charge >= 0.3 is 0 Å². The van der Waals surface area contributed by atoms with Gasteiger partial charge in [-0.15, -0.1) is 5.10 Å². The van der Waals surface area contributed by atoms with E-state index in [0.717, 1.165) is 25.5 Å². The Balaban J connectivity index is 0.000000753. The zero-order chi connectivity index (χ0) is 28.4. The summed E-state index contributed by atoms with van der Waals surface area (Å²) in [6.07, 6.45) is 12.8. The minimum atomic E-state index is -1.32. The number of rotatable bonds is 10. The normalized spacial score (nSPS) is 13.4. The van der Waals surface area contributed by atoms with E-state index in [4.69, 9.17) is 4.74 Å². The van der Waals surface area contributed by atoms with Crippen molar-refractivity contribution in [3.63, 3.8) is 0 Å². The highest BCUT2D eigenvalue weighted by molar-refractivity contribution is 6.10. The highest BCUT2D eigenvalue weighted by atomic mass is 16.5. The molecule has 206 valence electrons. The number of ether oxygens (including phenoxy) is 1. The SMILES string of the molecule is C/C=C\C(=C/CC)NC(=O)C(C)(C)C(=O)Nc1ccc(Oc2ccc3nc(NC)cn3n2)cn1.O=CC1CC1. The van der Waals surface area contributed by atoms with E-state index < -0.39 is 17.2 Å². The topological polar surface area (TPSA) is 140 Å². The van der Waals surface area contributed by atoms with Crippen molar-refractivity contribution in [2.75, 3.05) is 17.7 Å². The van der Waals surface area contributed by atoms with Crippen molar-refractivity contribution in [2.24, 2.45) is 11.3 Å². The van der Waals surface area contributed by atoms with Crippen LogP contribution in [0.4, 0.5) is 11.6 Å². The lowest BCUT2D eigenvalue weighted by Crippen LogP contribution is -2.44. The van der Waals surface area contributed by atoms with Gasteiger partial charge in [0.15, 0.2) is 5.65 Å². The summed E-state index contributed by atoms with van der Waals surface area (Å²) in [5, 5.41) is 12.8. The van der Waals surface area contributed by atoms with Gasteiger partial charge in [-0.25, -0.2) is 14.5 Å². The largest absolute Gasteiger partial charge is 0.436 e. The van der Waals surface area contributed by atoms with Crippen LogP contribution in [0.25, 0.3) is 5.65 Å². The van der Waals surface area contributed by atoms with Crippen molar-refractivity contribution < 1.29 is 19.1 Å². The molecule has 3 aromatic heterocycles. The molecule has 0 saturated heterocycles. The van der Waals surface area contributed by atoms with Crippen LogP contribution < -0.4 is 20.7 Å². The van der Waals surface area contributed by atoms with Crippen LogP contribution >= 0.6 is 0 Å². The zero-order valence-corrected chi connectivity index (χ0v) is 22.9. The maximum absolute atomic E-state index is 12.8. The Hall–Kier alpha value is -4.54. The van der Waals surface area contributed by atoms with Gasteiger partial charge in [-0.2, -0.15) is 0 Å². The highest BCUT2D eigenvalue weighted by Gasteiger charge is 2.36. The van der Waals surface area contributed by atoms with E-state index in [1.54, 1.807) is 61.9 Å². The summed E-state index contributed by atoms with van der Waals surface area (Å²) in [5.41, 5.74) is 0.0180. The third kappa shape index (κ3) is 8.22. The van der Waals surface area contributed by atoms with Gasteiger partial charge in [0.1, 0.15) is 29.1 Å². The van der Waals surface area contributed by atoms with Gasteiger partial charge in [0.25, 0.3) is 0 Å². The van der Waals surface area contributed by atoms with E-state index in [2.05, 4.69) is 31.0 Å². The predicted octanol–water partition coefficient (Wildman–Crippen LogP) is 4.50. The molecule has 3 N–H and O–H groups in total. The van der Waals surface area contributed by atoms with E-state index in [9.17, 15) is 14.4 Å². The van der Waals surface area contributed by atoms with Gasteiger partial charge in [0.05, 0.1) is 12.4 Å². The van der Waals surface area contributed by atoms with Crippen LogP contribution in [0.2, 0.25) is 0 Å². The molecule has 3 heterocycles. The fraction of sp³-hybridized carbons (Fsp3) is 0.357. The smallest absolute Gasteiger partial charge is 0.240 e. The summed E-state index contributed by atoms with van der Waals surface area (Å²) in [7, 11) is 1.78. The average Bonchev–Trinajstić information content (AvgIpc) is 3.68. The highest BCUT2D eigenvalue weighted by Crippen LogP contribution is 2.25. The first-order valence-electron chi connectivity index (χ1n) is 12.8. The maximum Gasteiger partial charge on any atom is 0.240 e. The summed E-state index contributed by atoms with van der Waals surface area (Å²) in [5.74, 6) is 1.36. The molecule has 2 amide bonds. The fourth-order valence-corrected chi connectivity index (χ4v) is 3.13. The first kappa shape index (κ1) is 29.0. The second-order valence-electron chi connectivity index (χ2n) is 9.41. The monoisotopic (exact) mass is 533 g/mol. The minimum Gasteiger partial charge on any atom is -0.436 e. The first-order chi connectivity index (χ1) is 18.7. The number of aldehydes is 1. The Morgan fingerprint density at radius 1 is 1.15 bits per heavy atom. The van der Waals surface area contributed by atoms with Crippen molar-refractivity contribution in [1.82, 2.24) is 24.9 Å². The zero-order valence-electron chi connectivity index (χ0n) is 22.9. The average molecular weight is 534 g/mol. The van der Waals surface area contributed by atoms with Gasteiger partial charge in [-0.1, -0.05) is 19.1 Å². The van der Waals surface area contributed by atoms with Crippen LogP contribution in [0, 0.1) is 11.3 Å².